The smallest absolute Gasteiger partial charge is 0.0276 e. The Hall–Kier alpha value is -0.780. The average Bonchev–Trinajstić information content (AvgIpc) is 3.33. The third-order valence-corrected chi connectivity index (χ3v) is 15.7. The van der Waals surface area contributed by atoms with Gasteiger partial charge in [-0.25, -0.2) is 0 Å². The van der Waals surface area contributed by atoms with Crippen molar-refractivity contribution in [2.24, 2.45) is 0 Å². The summed E-state index contributed by atoms with van der Waals surface area (Å²) in [6.45, 7) is 4.63. The summed E-state index contributed by atoms with van der Waals surface area (Å²) in [5, 5.41) is 0. The normalized spacial score (nSPS) is 11.7. The van der Waals surface area contributed by atoms with Crippen molar-refractivity contribution in [1.82, 2.24) is 0 Å². The van der Waals surface area contributed by atoms with Crippen LogP contribution in [0.15, 0.2) is 24.3 Å². The first-order valence-electron chi connectivity index (χ1n) is 31.9. The predicted molar refractivity (Wildman–Crippen MR) is 304 cm³/mol. The number of rotatable bonds is 58. The van der Waals surface area contributed by atoms with E-state index < -0.39 is 0 Å². The third-order valence-electron chi connectivity index (χ3n) is 15.7. The molecular weight excluding hydrogens is 793 g/mol. The van der Waals surface area contributed by atoms with E-state index in [1.54, 1.807) is 11.1 Å². The molecule has 0 amide bonds. The molecule has 0 aliphatic heterocycles. The number of hydrogen-bond acceptors (Lipinski definition) is 0. The van der Waals surface area contributed by atoms with Crippen LogP contribution in [-0.2, 0) is 12.8 Å². The summed E-state index contributed by atoms with van der Waals surface area (Å²) >= 11 is 0. The molecule has 390 valence electrons. The Morgan fingerprint density at radius 2 is 0.288 bits per heavy atom. The van der Waals surface area contributed by atoms with Crippen LogP contribution in [0.2, 0.25) is 0 Å². The highest BCUT2D eigenvalue weighted by atomic mass is 14.1. The van der Waals surface area contributed by atoms with Gasteiger partial charge < -0.3 is 0 Å². The van der Waals surface area contributed by atoms with Crippen LogP contribution >= 0.6 is 0 Å². The first-order valence-corrected chi connectivity index (χ1v) is 31.9. The van der Waals surface area contributed by atoms with Crippen molar-refractivity contribution >= 4 is 0 Å². The molecule has 0 nitrogen and oxygen atoms in total. The fourth-order valence-electron chi connectivity index (χ4n) is 11.0. The molecule has 0 saturated heterocycles. The molecule has 0 heterocycles. The lowest BCUT2D eigenvalue weighted by Crippen LogP contribution is -1.95. The molecule has 0 saturated carbocycles. The van der Waals surface area contributed by atoms with E-state index in [2.05, 4.69) is 38.1 Å². The summed E-state index contributed by atoms with van der Waals surface area (Å²) in [5.74, 6) is 0. The minimum atomic E-state index is 1.30. The monoisotopic (exact) mass is 919 g/mol. The molecule has 0 aliphatic carbocycles. The zero-order valence-corrected chi connectivity index (χ0v) is 46.3. The first-order chi connectivity index (χ1) is 32.9. The van der Waals surface area contributed by atoms with E-state index in [1.807, 2.05) is 0 Å². The van der Waals surface area contributed by atoms with E-state index in [0.717, 1.165) is 0 Å². The van der Waals surface area contributed by atoms with Crippen molar-refractivity contribution in [3.63, 3.8) is 0 Å². The summed E-state index contributed by atoms with van der Waals surface area (Å²) in [5.41, 5.74) is 3.30. The maximum Gasteiger partial charge on any atom is -0.0276 e. The molecule has 0 N–H and O–H groups in total. The zero-order chi connectivity index (χ0) is 47.0. The minimum absolute atomic E-state index is 1.30. The molecule has 0 bridgehead atoms. The third kappa shape index (κ3) is 49.6. The van der Waals surface area contributed by atoms with Gasteiger partial charge in [0.2, 0.25) is 0 Å². The van der Waals surface area contributed by atoms with Gasteiger partial charge in [-0.3, -0.25) is 0 Å². The average molecular weight is 920 g/mol. The van der Waals surface area contributed by atoms with E-state index in [1.165, 1.54) is 372 Å². The molecule has 0 heteroatoms. The molecule has 0 fully saturated rings. The highest BCUT2D eigenvalue weighted by Crippen LogP contribution is 2.21. The Morgan fingerprint density at radius 3 is 0.424 bits per heavy atom. The summed E-state index contributed by atoms with van der Waals surface area (Å²) in [6.07, 6.45) is 85.0. The highest BCUT2D eigenvalue weighted by molar-refractivity contribution is 5.27. The molecular formula is C66H126. The minimum Gasteiger partial charge on any atom is -0.0654 e. The molecule has 0 spiro atoms. The second-order valence-corrected chi connectivity index (χ2v) is 22.4. The molecule has 0 unspecified atom stereocenters. The van der Waals surface area contributed by atoms with Crippen molar-refractivity contribution in [1.29, 1.82) is 0 Å². The van der Waals surface area contributed by atoms with Gasteiger partial charge in [-0.05, 0) is 36.8 Å². The number of unbranched alkanes of at least 4 members (excludes halogenated alkanes) is 54. The van der Waals surface area contributed by atoms with Gasteiger partial charge in [-0.15, -0.1) is 0 Å². The van der Waals surface area contributed by atoms with Crippen LogP contribution in [0.1, 0.15) is 385 Å². The SMILES string of the molecule is CCCCCCCCCCCCCCCCCCCCCCCCCCCCCCc1ccccc1CCCCCCCCCCCCCCCCCCCCCCCCCCCCCC. The first kappa shape index (κ1) is 63.2. The standard InChI is InChI=1S/C66H126/c1-3-5-7-9-11-13-15-17-19-21-23-25-27-29-31-33-35-37-39-41-43-45-47-49-51-53-55-57-61-65-63-59-60-64-66(65)62-58-56-54-52-50-48-46-44-42-40-38-36-34-32-30-28-26-24-22-20-18-16-14-12-10-8-6-4-2/h59-60,63-64H,3-58,61-62H2,1-2H3. The summed E-state index contributed by atoms with van der Waals surface area (Å²) in [6, 6.07) is 9.42. The predicted octanol–water partition coefficient (Wildman–Crippen LogP) is 24.7. The van der Waals surface area contributed by atoms with Gasteiger partial charge >= 0.3 is 0 Å². The molecule has 0 radical (unpaired) electrons. The Balaban J connectivity index is 1.76. The molecule has 1 aromatic rings. The van der Waals surface area contributed by atoms with Crippen LogP contribution < -0.4 is 0 Å². The largest absolute Gasteiger partial charge is 0.0654 e. The van der Waals surface area contributed by atoms with E-state index in [0.29, 0.717) is 0 Å². The van der Waals surface area contributed by atoms with Crippen molar-refractivity contribution in [2.75, 3.05) is 0 Å². The molecule has 0 aliphatic rings. The second-order valence-electron chi connectivity index (χ2n) is 22.4. The fraction of sp³-hybridized carbons (Fsp3) is 0.909. The molecule has 1 rings (SSSR count). The maximum atomic E-state index is 2.43. The van der Waals surface area contributed by atoms with Crippen LogP contribution in [0.3, 0.4) is 0 Å². The van der Waals surface area contributed by atoms with Gasteiger partial charge in [0, 0.05) is 0 Å². The number of aryl methyl sites for hydroxylation is 2. The van der Waals surface area contributed by atoms with Crippen molar-refractivity contribution in [3.05, 3.63) is 35.4 Å². The van der Waals surface area contributed by atoms with E-state index in [-0.39, 0.29) is 0 Å². The molecule has 0 atom stereocenters. The summed E-state index contributed by atoms with van der Waals surface area (Å²) in [7, 11) is 0. The van der Waals surface area contributed by atoms with Crippen LogP contribution in [0.4, 0.5) is 0 Å². The number of hydrogen-bond donors (Lipinski definition) is 0. The van der Waals surface area contributed by atoms with Crippen LogP contribution in [0, 0.1) is 0 Å². The van der Waals surface area contributed by atoms with Crippen LogP contribution in [-0.4, -0.2) is 0 Å². The van der Waals surface area contributed by atoms with E-state index in [4.69, 9.17) is 0 Å². The lowest BCUT2D eigenvalue weighted by atomic mass is 9.96. The van der Waals surface area contributed by atoms with Gasteiger partial charge in [-0.1, -0.05) is 385 Å². The zero-order valence-electron chi connectivity index (χ0n) is 46.3. The Kier molecular flexibility index (Phi) is 54.4. The van der Waals surface area contributed by atoms with Gasteiger partial charge in [0.05, 0.1) is 0 Å². The van der Waals surface area contributed by atoms with E-state index >= 15 is 0 Å². The lowest BCUT2D eigenvalue weighted by Gasteiger charge is -2.10. The van der Waals surface area contributed by atoms with Crippen molar-refractivity contribution < 1.29 is 0 Å². The van der Waals surface area contributed by atoms with Crippen molar-refractivity contribution in [2.45, 2.75) is 386 Å². The Morgan fingerprint density at radius 1 is 0.167 bits per heavy atom. The van der Waals surface area contributed by atoms with Gasteiger partial charge in [0.15, 0.2) is 0 Å². The Bertz CT molecular complexity index is 913. The van der Waals surface area contributed by atoms with Gasteiger partial charge in [0.25, 0.3) is 0 Å². The highest BCUT2D eigenvalue weighted by Gasteiger charge is 2.04. The molecule has 1 aromatic carbocycles. The van der Waals surface area contributed by atoms with Crippen molar-refractivity contribution in [3.8, 4) is 0 Å². The van der Waals surface area contributed by atoms with Crippen LogP contribution in [0.25, 0.3) is 0 Å². The van der Waals surface area contributed by atoms with Gasteiger partial charge in [-0.2, -0.15) is 0 Å². The summed E-state index contributed by atoms with van der Waals surface area (Å²) in [4.78, 5) is 0. The molecule has 0 aromatic heterocycles. The lowest BCUT2D eigenvalue weighted by molar-refractivity contribution is 0.514. The second kappa shape index (κ2) is 56.8. The van der Waals surface area contributed by atoms with Gasteiger partial charge in [0.1, 0.15) is 0 Å². The Labute approximate surface area is 419 Å². The fourth-order valence-corrected chi connectivity index (χ4v) is 11.0. The topological polar surface area (TPSA) is 0 Å². The molecule has 66 heavy (non-hydrogen) atoms. The maximum absolute atomic E-state index is 2.43. The summed E-state index contributed by atoms with van der Waals surface area (Å²) < 4.78 is 0. The van der Waals surface area contributed by atoms with Crippen LogP contribution in [0.5, 0.6) is 0 Å². The van der Waals surface area contributed by atoms with E-state index in [9.17, 15) is 0 Å². The number of benzene rings is 1. The quantitative estimate of drug-likeness (QED) is 0.0571.